The molecule has 0 bridgehead atoms. The van der Waals surface area contributed by atoms with Crippen molar-refractivity contribution in [2.45, 2.75) is 45.9 Å². The number of halogens is 1. The normalized spacial score (nSPS) is 22.1. The van der Waals surface area contributed by atoms with Gasteiger partial charge in [0, 0.05) is 42.2 Å². The Labute approximate surface area is 170 Å². The van der Waals surface area contributed by atoms with Crippen LogP contribution in [-0.4, -0.2) is 52.6 Å². The molecule has 2 aliphatic rings. The molecule has 2 atom stereocenters. The average Bonchev–Trinajstić information content (AvgIpc) is 2.65. The SMILES string of the molecule is Cc1nc2c(c(N3CC(C)OC(C)C3)n1)CN(C(=O)c1cccc(Cl)c1)CC2. The van der Waals surface area contributed by atoms with E-state index >= 15 is 0 Å². The summed E-state index contributed by atoms with van der Waals surface area (Å²) in [5, 5.41) is 0.569. The van der Waals surface area contributed by atoms with Crippen LogP contribution in [0.5, 0.6) is 0 Å². The Morgan fingerprint density at radius 3 is 2.68 bits per heavy atom. The van der Waals surface area contributed by atoms with Gasteiger partial charge in [-0.25, -0.2) is 9.97 Å². The van der Waals surface area contributed by atoms with Crippen LogP contribution >= 0.6 is 11.6 Å². The van der Waals surface area contributed by atoms with Gasteiger partial charge < -0.3 is 14.5 Å². The highest BCUT2D eigenvalue weighted by molar-refractivity contribution is 6.30. The molecular weight excluding hydrogens is 376 g/mol. The molecule has 6 nitrogen and oxygen atoms in total. The lowest BCUT2D eigenvalue weighted by Gasteiger charge is -2.38. The van der Waals surface area contributed by atoms with E-state index in [2.05, 4.69) is 23.7 Å². The fourth-order valence-corrected chi connectivity index (χ4v) is 4.30. The van der Waals surface area contributed by atoms with Crippen LogP contribution < -0.4 is 4.90 Å². The molecule has 1 aromatic heterocycles. The number of hydrogen-bond donors (Lipinski definition) is 0. The molecule has 7 heteroatoms. The second kappa shape index (κ2) is 7.68. The maximum atomic E-state index is 13.0. The van der Waals surface area contributed by atoms with Gasteiger partial charge in [-0.2, -0.15) is 0 Å². The minimum Gasteiger partial charge on any atom is -0.372 e. The molecule has 1 fully saturated rings. The molecule has 0 spiro atoms. The lowest BCUT2D eigenvalue weighted by molar-refractivity contribution is -0.00560. The molecule has 0 radical (unpaired) electrons. The monoisotopic (exact) mass is 400 g/mol. The number of hydrogen-bond acceptors (Lipinski definition) is 5. The van der Waals surface area contributed by atoms with Gasteiger partial charge in [0.15, 0.2) is 0 Å². The topological polar surface area (TPSA) is 58.6 Å². The van der Waals surface area contributed by atoms with E-state index in [1.165, 1.54) is 0 Å². The van der Waals surface area contributed by atoms with Crippen LogP contribution in [0, 0.1) is 6.92 Å². The molecule has 4 rings (SSSR count). The second-order valence-corrected chi connectivity index (χ2v) is 8.11. The van der Waals surface area contributed by atoms with E-state index < -0.39 is 0 Å². The van der Waals surface area contributed by atoms with Crippen molar-refractivity contribution in [2.75, 3.05) is 24.5 Å². The highest BCUT2D eigenvalue weighted by atomic mass is 35.5. The van der Waals surface area contributed by atoms with Crippen molar-refractivity contribution in [2.24, 2.45) is 0 Å². The molecule has 1 saturated heterocycles. The largest absolute Gasteiger partial charge is 0.372 e. The minimum absolute atomic E-state index is 0.0108. The van der Waals surface area contributed by atoms with Crippen LogP contribution in [-0.2, 0) is 17.7 Å². The van der Waals surface area contributed by atoms with Gasteiger partial charge in [0.25, 0.3) is 5.91 Å². The molecule has 0 saturated carbocycles. The minimum atomic E-state index is -0.0108. The summed E-state index contributed by atoms with van der Waals surface area (Å²) < 4.78 is 5.88. The number of aromatic nitrogens is 2. The predicted octanol–water partition coefficient (Wildman–Crippen LogP) is 3.25. The fraction of sp³-hybridized carbons (Fsp3) is 0.476. The Morgan fingerprint density at radius 1 is 1.21 bits per heavy atom. The maximum absolute atomic E-state index is 13.0. The molecule has 3 heterocycles. The highest BCUT2D eigenvalue weighted by Gasteiger charge is 2.30. The predicted molar refractivity (Wildman–Crippen MR) is 109 cm³/mol. The van der Waals surface area contributed by atoms with Crippen LogP contribution in [0.2, 0.25) is 5.02 Å². The molecule has 2 aromatic rings. The van der Waals surface area contributed by atoms with E-state index in [1.807, 2.05) is 24.0 Å². The van der Waals surface area contributed by atoms with Gasteiger partial charge in [0.1, 0.15) is 11.6 Å². The summed E-state index contributed by atoms with van der Waals surface area (Å²) >= 11 is 6.07. The average molecular weight is 401 g/mol. The van der Waals surface area contributed by atoms with Crippen LogP contribution in [0.3, 0.4) is 0 Å². The molecule has 28 heavy (non-hydrogen) atoms. The number of morpholine rings is 1. The van der Waals surface area contributed by atoms with Crippen LogP contribution in [0.25, 0.3) is 0 Å². The van der Waals surface area contributed by atoms with Gasteiger partial charge in [-0.1, -0.05) is 17.7 Å². The quantitative estimate of drug-likeness (QED) is 0.774. The van der Waals surface area contributed by atoms with E-state index in [9.17, 15) is 4.79 Å². The molecule has 0 aliphatic carbocycles. The smallest absolute Gasteiger partial charge is 0.254 e. The standard InChI is InChI=1S/C21H25ClN4O2/c1-13-10-26(11-14(2)28-13)20-18-12-25(8-7-19(18)23-15(3)24-20)21(27)16-5-4-6-17(22)9-16/h4-6,9,13-14H,7-8,10-12H2,1-3H3. The first-order chi connectivity index (χ1) is 13.4. The van der Waals surface area contributed by atoms with Crippen molar-refractivity contribution in [1.29, 1.82) is 0 Å². The van der Waals surface area contributed by atoms with Crippen LogP contribution in [0.1, 0.15) is 41.3 Å². The lowest BCUT2D eigenvalue weighted by atomic mass is 10.0. The van der Waals surface area contributed by atoms with E-state index in [0.717, 1.165) is 42.4 Å². The summed E-state index contributed by atoms with van der Waals surface area (Å²) in [5.41, 5.74) is 2.71. The number of nitrogens with zero attached hydrogens (tertiary/aromatic N) is 4. The van der Waals surface area contributed by atoms with Gasteiger partial charge in [0.2, 0.25) is 0 Å². The van der Waals surface area contributed by atoms with Gasteiger partial charge in [-0.3, -0.25) is 4.79 Å². The van der Waals surface area contributed by atoms with Crippen molar-refractivity contribution >= 4 is 23.3 Å². The van der Waals surface area contributed by atoms with Crippen molar-refractivity contribution in [3.63, 3.8) is 0 Å². The van der Waals surface area contributed by atoms with Crippen LogP contribution in [0.15, 0.2) is 24.3 Å². The number of fused-ring (bicyclic) bond motifs is 1. The van der Waals surface area contributed by atoms with Crippen molar-refractivity contribution in [3.05, 3.63) is 51.9 Å². The molecular formula is C21H25ClN4O2. The zero-order valence-corrected chi connectivity index (χ0v) is 17.2. The second-order valence-electron chi connectivity index (χ2n) is 7.67. The van der Waals surface area contributed by atoms with Gasteiger partial charge in [0.05, 0.1) is 24.4 Å². The van der Waals surface area contributed by atoms with E-state index in [-0.39, 0.29) is 18.1 Å². The molecule has 0 N–H and O–H groups in total. The van der Waals surface area contributed by atoms with Crippen molar-refractivity contribution in [3.8, 4) is 0 Å². The molecule has 1 aromatic carbocycles. The third kappa shape index (κ3) is 3.84. The summed E-state index contributed by atoms with van der Waals surface area (Å²) in [7, 11) is 0. The summed E-state index contributed by atoms with van der Waals surface area (Å²) in [6.45, 7) is 8.82. The first kappa shape index (κ1) is 19.2. The van der Waals surface area contributed by atoms with Gasteiger partial charge >= 0.3 is 0 Å². The number of benzene rings is 1. The number of amides is 1. The van der Waals surface area contributed by atoms with Crippen LogP contribution in [0.4, 0.5) is 5.82 Å². The Kier molecular flexibility index (Phi) is 5.25. The zero-order valence-electron chi connectivity index (χ0n) is 16.5. The molecule has 1 amide bonds. The molecule has 2 aliphatic heterocycles. The van der Waals surface area contributed by atoms with E-state index in [0.29, 0.717) is 23.7 Å². The Morgan fingerprint density at radius 2 is 1.96 bits per heavy atom. The third-order valence-electron chi connectivity index (χ3n) is 5.23. The number of carbonyl (C=O) groups excluding carboxylic acids is 1. The maximum Gasteiger partial charge on any atom is 0.254 e. The van der Waals surface area contributed by atoms with Gasteiger partial charge in [-0.05, 0) is 39.0 Å². The zero-order chi connectivity index (χ0) is 19.8. The molecule has 2 unspecified atom stereocenters. The summed E-state index contributed by atoms with van der Waals surface area (Å²) in [6, 6.07) is 7.11. The first-order valence-corrected chi connectivity index (χ1v) is 10.1. The lowest BCUT2D eigenvalue weighted by Crippen LogP contribution is -2.47. The number of ether oxygens (including phenoxy) is 1. The Hall–Kier alpha value is -2.18. The third-order valence-corrected chi connectivity index (χ3v) is 5.46. The molecule has 148 valence electrons. The highest BCUT2D eigenvalue weighted by Crippen LogP contribution is 2.29. The number of anilines is 1. The summed E-state index contributed by atoms with van der Waals surface area (Å²) in [6.07, 6.45) is 1.01. The van der Waals surface area contributed by atoms with Gasteiger partial charge in [-0.15, -0.1) is 0 Å². The number of carbonyl (C=O) groups is 1. The Balaban J connectivity index is 1.65. The van der Waals surface area contributed by atoms with E-state index in [1.54, 1.807) is 12.1 Å². The van der Waals surface area contributed by atoms with Crippen molar-refractivity contribution in [1.82, 2.24) is 14.9 Å². The fourth-order valence-electron chi connectivity index (χ4n) is 4.11. The first-order valence-electron chi connectivity index (χ1n) is 9.72. The summed E-state index contributed by atoms with van der Waals surface area (Å²) in [4.78, 5) is 26.6. The summed E-state index contributed by atoms with van der Waals surface area (Å²) in [5.74, 6) is 1.70. The number of rotatable bonds is 2. The van der Waals surface area contributed by atoms with Crippen molar-refractivity contribution < 1.29 is 9.53 Å². The van der Waals surface area contributed by atoms with E-state index in [4.69, 9.17) is 21.3 Å². The number of aryl methyl sites for hydroxylation is 1. The Bertz CT molecular complexity index is 894.